The number of likely N-dealkylation sites (tertiary alicyclic amines) is 1. The molecule has 0 aliphatic carbocycles. The number of nitriles is 1. The molecule has 1 atom stereocenters. The van der Waals surface area contributed by atoms with Crippen molar-refractivity contribution in [3.8, 4) is 6.07 Å². The fourth-order valence-corrected chi connectivity index (χ4v) is 2.04. The van der Waals surface area contributed by atoms with Gasteiger partial charge in [-0.05, 0) is 24.7 Å². The number of hydrogen-bond donors (Lipinski definition) is 1. The lowest BCUT2D eigenvalue weighted by Crippen LogP contribution is -2.57. The average molecular weight is 236 g/mol. The van der Waals surface area contributed by atoms with Crippen LogP contribution in [0.3, 0.4) is 0 Å². The molecule has 1 aliphatic heterocycles. The second kappa shape index (κ2) is 4.84. The third-order valence-corrected chi connectivity index (χ3v) is 3.24. The van der Waals surface area contributed by atoms with Gasteiger partial charge in [0, 0.05) is 24.2 Å². The van der Waals surface area contributed by atoms with E-state index in [2.05, 4.69) is 16.3 Å². The molecule has 16 heavy (non-hydrogen) atoms. The Morgan fingerprint density at radius 3 is 2.56 bits per heavy atom. The van der Waals surface area contributed by atoms with Gasteiger partial charge in [-0.15, -0.1) is 0 Å². The third kappa shape index (κ3) is 2.19. The number of rotatable bonds is 3. The Kier molecular flexibility index (Phi) is 3.45. The highest BCUT2D eigenvalue weighted by Gasteiger charge is 2.31. The average Bonchev–Trinajstić information content (AvgIpc) is 2.24. The molecule has 0 amide bonds. The van der Waals surface area contributed by atoms with Gasteiger partial charge in [0.25, 0.3) is 0 Å². The first-order chi connectivity index (χ1) is 7.74. The second-order valence-corrected chi connectivity index (χ2v) is 4.46. The first kappa shape index (κ1) is 11.4. The summed E-state index contributed by atoms with van der Waals surface area (Å²) in [5.41, 5.74) is 1.02. The zero-order chi connectivity index (χ0) is 11.5. The van der Waals surface area contributed by atoms with E-state index in [4.69, 9.17) is 11.6 Å². The van der Waals surface area contributed by atoms with E-state index in [1.807, 2.05) is 31.3 Å². The van der Waals surface area contributed by atoms with Crippen molar-refractivity contribution in [3.63, 3.8) is 0 Å². The molecule has 3 nitrogen and oxygen atoms in total. The van der Waals surface area contributed by atoms with Crippen molar-refractivity contribution >= 4 is 11.6 Å². The van der Waals surface area contributed by atoms with Crippen LogP contribution in [0.2, 0.25) is 5.02 Å². The highest BCUT2D eigenvalue weighted by molar-refractivity contribution is 6.30. The molecule has 0 unspecified atom stereocenters. The van der Waals surface area contributed by atoms with Gasteiger partial charge in [-0.25, -0.2) is 0 Å². The van der Waals surface area contributed by atoms with Crippen LogP contribution in [0, 0.1) is 11.3 Å². The summed E-state index contributed by atoms with van der Waals surface area (Å²) in [6, 6.07) is 10.2. The SMILES string of the molecule is CNC1CN([C@@H](C#N)c2ccc(Cl)cc2)C1. The number of nitrogens with zero attached hydrogens (tertiary/aromatic N) is 2. The second-order valence-electron chi connectivity index (χ2n) is 4.02. The first-order valence-electron chi connectivity index (χ1n) is 5.31. The van der Waals surface area contributed by atoms with E-state index >= 15 is 0 Å². The van der Waals surface area contributed by atoms with Gasteiger partial charge in [0.15, 0.2) is 0 Å². The molecule has 4 heteroatoms. The lowest BCUT2D eigenvalue weighted by molar-refractivity contribution is 0.104. The summed E-state index contributed by atoms with van der Waals surface area (Å²) in [5.74, 6) is 0. The Balaban J connectivity index is 2.07. The summed E-state index contributed by atoms with van der Waals surface area (Å²) in [6.45, 7) is 1.86. The number of halogens is 1. The van der Waals surface area contributed by atoms with Gasteiger partial charge in [0.2, 0.25) is 0 Å². The standard InChI is InChI=1S/C12H14ClN3/c1-15-11-7-16(8-11)12(6-14)9-2-4-10(13)5-3-9/h2-5,11-12,15H,7-8H2,1H3/t12-/m0/s1. The van der Waals surface area contributed by atoms with Crippen LogP contribution in [0.1, 0.15) is 11.6 Å². The van der Waals surface area contributed by atoms with Gasteiger partial charge < -0.3 is 5.32 Å². The molecule has 0 bridgehead atoms. The summed E-state index contributed by atoms with van der Waals surface area (Å²) >= 11 is 5.83. The first-order valence-corrected chi connectivity index (χ1v) is 5.69. The van der Waals surface area contributed by atoms with Gasteiger partial charge in [-0.1, -0.05) is 23.7 Å². The number of benzene rings is 1. The van der Waals surface area contributed by atoms with Crippen LogP contribution >= 0.6 is 11.6 Å². The molecule has 1 saturated heterocycles. The van der Waals surface area contributed by atoms with Crippen molar-refractivity contribution in [2.24, 2.45) is 0 Å². The highest BCUT2D eigenvalue weighted by atomic mass is 35.5. The Labute approximate surface area is 101 Å². The fraction of sp³-hybridized carbons (Fsp3) is 0.417. The van der Waals surface area contributed by atoms with Crippen molar-refractivity contribution in [1.82, 2.24) is 10.2 Å². The zero-order valence-electron chi connectivity index (χ0n) is 9.15. The Morgan fingerprint density at radius 2 is 2.06 bits per heavy atom. The van der Waals surface area contributed by atoms with Gasteiger partial charge in [0.05, 0.1) is 6.07 Å². The number of likely N-dealkylation sites (N-methyl/N-ethyl adjacent to an activating group) is 1. The fourth-order valence-electron chi connectivity index (χ4n) is 1.92. The van der Waals surface area contributed by atoms with E-state index in [0.29, 0.717) is 11.1 Å². The third-order valence-electron chi connectivity index (χ3n) is 2.99. The molecule has 1 aromatic carbocycles. The minimum Gasteiger partial charge on any atom is -0.315 e. The maximum absolute atomic E-state index is 9.20. The maximum Gasteiger partial charge on any atom is 0.123 e. The Hall–Kier alpha value is -1.08. The zero-order valence-corrected chi connectivity index (χ0v) is 9.91. The van der Waals surface area contributed by atoms with Crippen LogP contribution in [0.4, 0.5) is 0 Å². The smallest absolute Gasteiger partial charge is 0.123 e. The largest absolute Gasteiger partial charge is 0.315 e. The lowest BCUT2D eigenvalue weighted by atomic mass is 10.0. The summed E-state index contributed by atoms with van der Waals surface area (Å²) in [6.07, 6.45) is 0. The quantitative estimate of drug-likeness (QED) is 0.869. The Morgan fingerprint density at radius 1 is 1.44 bits per heavy atom. The molecule has 0 spiro atoms. The summed E-state index contributed by atoms with van der Waals surface area (Å²) in [5, 5.41) is 13.1. The van der Waals surface area contributed by atoms with Gasteiger partial charge >= 0.3 is 0 Å². The van der Waals surface area contributed by atoms with Crippen molar-refractivity contribution in [3.05, 3.63) is 34.9 Å². The summed E-state index contributed by atoms with van der Waals surface area (Å²) in [4.78, 5) is 2.16. The van der Waals surface area contributed by atoms with Crippen LogP contribution in [-0.2, 0) is 0 Å². The molecule has 1 heterocycles. The molecule has 2 rings (SSSR count). The van der Waals surface area contributed by atoms with Crippen LogP contribution in [-0.4, -0.2) is 31.1 Å². The van der Waals surface area contributed by atoms with E-state index in [-0.39, 0.29) is 6.04 Å². The normalized spacial score (nSPS) is 18.8. The molecule has 1 aliphatic rings. The molecular weight excluding hydrogens is 222 g/mol. The van der Waals surface area contributed by atoms with E-state index in [9.17, 15) is 5.26 Å². The van der Waals surface area contributed by atoms with Gasteiger partial charge in [-0.2, -0.15) is 5.26 Å². The van der Waals surface area contributed by atoms with E-state index in [1.54, 1.807) is 0 Å². The molecular formula is C12H14ClN3. The molecule has 1 fully saturated rings. The summed E-state index contributed by atoms with van der Waals surface area (Å²) in [7, 11) is 1.95. The predicted molar refractivity (Wildman–Crippen MR) is 64.2 cm³/mol. The molecule has 0 radical (unpaired) electrons. The van der Waals surface area contributed by atoms with Crippen LogP contribution < -0.4 is 5.32 Å². The molecule has 0 saturated carbocycles. The lowest BCUT2D eigenvalue weighted by Gasteiger charge is -2.41. The van der Waals surface area contributed by atoms with Crippen molar-refractivity contribution in [1.29, 1.82) is 5.26 Å². The minimum atomic E-state index is -0.151. The van der Waals surface area contributed by atoms with Crippen LogP contribution in [0.15, 0.2) is 24.3 Å². The van der Waals surface area contributed by atoms with E-state index in [1.165, 1.54) is 0 Å². The van der Waals surface area contributed by atoms with Crippen LogP contribution in [0.25, 0.3) is 0 Å². The highest BCUT2D eigenvalue weighted by Crippen LogP contribution is 2.26. The van der Waals surface area contributed by atoms with Crippen LogP contribution in [0.5, 0.6) is 0 Å². The van der Waals surface area contributed by atoms with Crippen molar-refractivity contribution in [2.45, 2.75) is 12.1 Å². The molecule has 1 aromatic rings. The molecule has 84 valence electrons. The minimum absolute atomic E-state index is 0.151. The molecule has 1 N–H and O–H groups in total. The monoisotopic (exact) mass is 235 g/mol. The maximum atomic E-state index is 9.20. The van der Waals surface area contributed by atoms with Gasteiger partial charge in [0.1, 0.15) is 6.04 Å². The summed E-state index contributed by atoms with van der Waals surface area (Å²) < 4.78 is 0. The van der Waals surface area contributed by atoms with E-state index < -0.39 is 0 Å². The molecule has 0 aromatic heterocycles. The van der Waals surface area contributed by atoms with Gasteiger partial charge in [-0.3, -0.25) is 4.90 Å². The predicted octanol–water partition coefficient (Wildman–Crippen LogP) is 1.81. The number of nitrogens with one attached hydrogen (secondary N) is 1. The topological polar surface area (TPSA) is 39.1 Å². The van der Waals surface area contributed by atoms with E-state index in [0.717, 1.165) is 18.7 Å². The number of hydrogen-bond acceptors (Lipinski definition) is 3. The Bertz CT molecular complexity index is 390. The van der Waals surface area contributed by atoms with Crippen molar-refractivity contribution < 1.29 is 0 Å². The van der Waals surface area contributed by atoms with Crippen molar-refractivity contribution in [2.75, 3.05) is 20.1 Å².